The largest absolute Gasteiger partial charge is 0.493 e. The van der Waals surface area contributed by atoms with E-state index in [4.69, 9.17) is 9.84 Å². The third kappa shape index (κ3) is 3.94. The van der Waals surface area contributed by atoms with E-state index in [9.17, 15) is 4.79 Å². The Labute approximate surface area is 83.3 Å². The van der Waals surface area contributed by atoms with Crippen LogP contribution in [0.5, 0.6) is 5.75 Å². The summed E-state index contributed by atoms with van der Waals surface area (Å²) in [7, 11) is 0. The van der Waals surface area contributed by atoms with Crippen molar-refractivity contribution in [2.75, 3.05) is 6.61 Å². The molecule has 76 valence electrons. The fourth-order valence-corrected chi connectivity index (χ4v) is 1.11. The van der Waals surface area contributed by atoms with E-state index < -0.39 is 5.97 Å². The zero-order valence-corrected chi connectivity index (χ0v) is 8.14. The quantitative estimate of drug-likeness (QED) is 0.781. The van der Waals surface area contributed by atoms with Crippen molar-refractivity contribution in [3.05, 3.63) is 30.3 Å². The van der Waals surface area contributed by atoms with E-state index in [1.165, 1.54) is 0 Å². The van der Waals surface area contributed by atoms with Crippen molar-refractivity contribution in [1.29, 1.82) is 0 Å². The Balaban J connectivity index is 2.30. The number of carboxylic acid groups (broad SMARTS) is 1. The van der Waals surface area contributed by atoms with E-state index in [1.807, 2.05) is 37.3 Å². The molecule has 0 saturated carbocycles. The monoisotopic (exact) mass is 194 g/mol. The van der Waals surface area contributed by atoms with Gasteiger partial charge in [0.25, 0.3) is 0 Å². The first-order chi connectivity index (χ1) is 6.68. The Morgan fingerprint density at radius 2 is 2.07 bits per heavy atom. The van der Waals surface area contributed by atoms with Gasteiger partial charge in [0.05, 0.1) is 13.0 Å². The number of rotatable bonds is 5. The second-order valence-electron chi connectivity index (χ2n) is 3.33. The van der Waals surface area contributed by atoms with Crippen LogP contribution in [0.2, 0.25) is 0 Å². The molecule has 1 aromatic carbocycles. The minimum atomic E-state index is -0.783. The lowest BCUT2D eigenvalue weighted by Crippen LogP contribution is -2.12. The number of benzene rings is 1. The molecule has 0 aliphatic rings. The molecule has 3 heteroatoms. The highest BCUT2D eigenvalue weighted by Gasteiger charge is 2.07. The van der Waals surface area contributed by atoms with Gasteiger partial charge in [-0.25, -0.2) is 0 Å². The molecular weight excluding hydrogens is 180 g/mol. The number of hydrogen-bond acceptors (Lipinski definition) is 2. The summed E-state index contributed by atoms with van der Waals surface area (Å²) in [6, 6.07) is 9.39. The van der Waals surface area contributed by atoms with Gasteiger partial charge in [0.2, 0.25) is 0 Å². The van der Waals surface area contributed by atoms with Crippen LogP contribution in [0, 0.1) is 5.92 Å². The van der Waals surface area contributed by atoms with Gasteiger partial charge < -0.3 is 9.84 Å². The van der Waals surface area contributed by atoms with Crippen molar-refractivity contribution >= 4 is 5.97 Å². The van der Waals surface area contributed by atoms with Gasteiger partial charge in [-0.2, -0.15) is 0 Å². The molecule has 0 aromatic heterocycles. The third-order valence-electron chi connectivity index (χ3n) is 1.80. The maximum atomic E-state index is 10.4. The SMILES string of the molecule is CC(COc1ccccc1)CC(=O)O. The molecule has 1 N–H and O–H groups in total. The summed E-state index contributed by atoms with van der Waals surface area (Å²) in [4.78, 5) is 10.4. The first kappa shape index (κ1) is 10.6. The zero-order chi connectivity index (χ0) is 10.4. The van der Waals surface area contributed by atoms with Crippen molar-refractivity contribution in [2.24, 2.45) is 5.92 Å². The van der Waals surface area contributed by atoms with Gasteiger partial charge in [0.15, 0.2) is 0 Å². The third-order valence-corrected chi connectivity index (χ3v) is 1.80. The van der Waals surface area contributed by atoms with E-state index >= 15 is 0 Å². The van der Waals surface area contributed by atoms with E-state index in [2.05, 4.69) is 0 Å². The van der Waals surface area contributed by atoms with E-state index in [1.54, 1.807) is 0 Å². The molecule has 0 amide bonds. The molecule has 14 heavy (non-hydrogen) atoms. The lowest BCUT2D eigenvalue weighted by molar-refractivity contribution is -0.138. The predicted octanol–water partition coefficient (Wildman–Crippen LogP) is 2.18. The Morgan fingerprint density at radius 3 is 2.64 bits per heavy atom. The summed E-state index contributed by atoms with van der Waals surface area (Å²) in [5, 5.41) is 8.53. The number of carboxylic acids is 1. The molecule has 0 heterocycles. The minimum Gasteiger partial charge on any atom is -0.493 e. The zero-order valence-electron chi connectivity index (χ0n) is 8.14. The van der Waals surface area contributed by atoms with Crippen LogP contribution in [0.25, 0.3) is 0 Å². The minimum absolute atomic E-state index is 0.0349. The normalized spacial score (nSPS) is 12.1. The van der Waals surface area contributed by atoms with Crippen LogP contribution in [-0.4, -0.2) is 17.7 Å². The first-order valence-electron chi connectivity index (χ1n) is 4.58. The standard InChI is InChI=1S/C11H14O3/c1-9(7-11(12)13)8-14-10-5-3-2-4-6-10/h2-6,9H,7-8H2,1H3,(H,12,13). The summed E-state index contributed by atoms with van der Waals surface area (Å²) in [6.07, 6.45) is 0.146. The molecule has 0 fully saturated rings. The molecule has 0 radical (unpaired) electrons. The van der Waals surface area contributed by atoms with Crippen molar-refractivity contribution in [3.8, 4) is 5.75 Å². The maximum Gasteiger partial charge on any atom is 0.303 e. The highest BCUT2D eigenvalue weighted by molar-refractivity contribution is 5.66. The van der Waals surface area contributed by atoms with Crippen LogP contribution in [0.4, 0.5) is 0 Å². The van der Waals surface area contributed by atoms with E-state index in [0.29, 0.717) is 6.61 Å². The molecule has 0 aliphatic carbocycles. The van der Waals surface area contributed by atoms with Crippen molar-refractivity contribution < 1.29 is 14.6 Å². The van der Waals surface area contributed by atoms with Gasteiger partial charge in [0.1, 0.15) is 5.75 Å². The smallest absolute Gasteiger partial charge is 0.303 e. The molecule has 3 nitrogen and oxygen atoms in total. The van der Waals surface area contributed by atoms with Crippen LogP contribution >= 0.6 is 0 Å². The van der Waals surface area contributed by atoms with E-state index in [-0.39, 0.29) is 12.3 Å². The highest BCUT2D eigenvalue weighted by Crippen LogP contribution is 2.11. The van der Waals surface area contributed by atoms with E-state index in [0.717, 1.165) is 5.75 Å². The topological polar surface area (TPSA) is 46.5 Å². The van der Waals surface area contributed by atoms with Gasteiger partial charge in [-0.15, -0.1) is 0 Å². The molecule has 0 bridgehead atoms. The fourth-order valence-electron chi connectivity index (χ4n) is 1.11. The summed E-state index contributed by atoms with van der Waals surface area (Å²) in [5.74, 6) is 0.0339. The van der Waals surface area contributed by atoms with Crippen LogP contribution in [0.15, 0.2) is 30.3 Å². The van der Waals surface area contributed by atoms with Crippen molar-refractivity contribution in [2.45, 2.75) is 13.3 Å². The van der Waals surface area contributed by atoms with Crippen molar-refractivity contribution in [3.63, 3.8) is 0 Å². The molecule has 1 unspecified atom stereocenters. The number of ether oxygens (including phenoxy) is 1. The molecule has 0 aliphatic heterocycles. The molecule has 1 aromatic rings. The Kier molecular flexibility index (Phi) is 3.98. The van der Waals surface area contributed by atoms with Gasteiger partial charge in [-0.3, -0.25) is 4.79 Å². The second-order valence-corrected chi connectivity index (χ2v) is 3.33. The number of hydrogen-bond donors (Lipinski definition) is 1. The van der Waals surface area contributed by atoms with Gasteiger partial charge in [-0.05, 0) is 12.1 Å². The van der Waals surface area contributed by atoms with Crippen LogP contribution < -0.4 is 4.74 Å². The summed E-state index contributed by atoms with van der Waals surface area (Å²) < 4.78 is 5.41. The number of aliphatic carboxylic acids is 1. The van der Waals surface area contributed by atoms with Crippen LogP contribution in [-0.2, 0) is 4.79 Å². The van der Waals surface area contributed by atoms with Gasteiger partial charge >= 0.3 is 5.97 Å². The molecule has 0 saturated heterocycles. The summed E-state index contributed by atoms with van der Waals surface area (Å²) >= 11 is 0. The Hall–Kier alpha value is -1.51. The van der Waals surface area contributed by atoms with Crippen LogP contribution in [0.3, 0.4) is 0 Å². The Bertz CT molecular complexity index is 282. The molecule has 1 rings (SSSR count). The first-order valence-corrected chi connectivity index (χ1v) is 4.58. The highest BCUT2D eigenvalue weighted by atomic mass is 16.5. The lowest BCUT2D eigenvalue weighted by Gasteiger charge is -2.10. The predicted molar refractivity (Wildman–Crippen MR) is 53.4 cm³/mol. The van der Waals surface area contributed by atoms with Gasteiger partial charge in [0, 0.05) is 5.92 Å². The summed E-state index contributed by atoms with van der Waals surface area (Å²) in [5.41, 5.74) is 0. The lowest BCUT2D eigenvalue weighted by atomic mass is 10.1. The Morgan fingerprint density at radius 1 is 1.43 bits per heavy atom. The molecular formula is C11H14O3. The molecule has 1 atom stereocenters. The maximum absolute atomic E-state index is 10.4. The fraction of sp³-hybridized carbons (Fsp3) is 0.364. The number of para-hydroxylation sites is 1. The summed E-state index contributed by atoms with van der Waals surface area (Å²) in [6.45, 7) is 2.30. The average molecular weight is 194 g/mol. The molecule has 0 spiro atoms. The van der Waals surface area contributed by atoms with Gasteiger partial charge in [-0.1, -0.05) is 25.1 Å². The van der Waals surface area contributed by atoms with Crippen molar-refractivity contribution in [1.82, 2.24) is 0 Å². The van der Waals surface area contributed by atoms with Crippen LogP contribution in [0.1, 0.15) is 13.3 Å². The number of carbonyl (C=O) groups is 1. The average Bonchev–Trinajstić information content (AvgIpc) is 2.15. The second kappa shape index (κ2) is 5.27.